The molecule has 0 aliphatic carbocycles. The van der Waals surface area contributed by atoms with Gasteiger partial charge in [-0.1, -0.05) is 29.8 Å². The maximum atomic E-state index is 11.7. The fourth-order valence-electron chi connectivity index (χ4n) is 1.88. The van der Waals surface area contributed by atoms with E-state index in [4.69, 9.17) is 11.6 Å². The zero-order chi connectivity index (χ0) is 14.2. The first kappa shape index (κ1) is 14.5. The van der Waals surface area contributed by atoms with Gasteiger partial charge in [0.05, 0.1) is 12.2 Å². The lowest BCUT2D eigenvalue weighted by Crippen LogP contribution is -2.22. The molecule has 1 aromatic heterocycles. The topological polar surface area (TPSA) is 42.0 Å². The van der Waals surface area contributed by atoms with Crippen LogP contribution in [0.3, 0.4) is 0 Å². The minimum absolute atomic E-state index is 0.0598. The molecule has 20 heavy (non-hydrogen) atoms. The molecule has 0 saturated carbocycles. The average molecular weight is 289 g/mol. The molecule has 0 spiro atoms. The number of hydrogen-bond acceptors (Lipinski definition) is 2. The van der Waals surface area contributed by atoms with Crippen molar-refractivity contribution in [1.29, 1.82) is 0 Å². The van der Waals surface area contributed by atoms with E-state index in [0.717, 1.165) is 23.6 Å². The monoisotopic (exact) mass is 288 g/mol. The average Bonchev–Trinajstić information content (AvgIpc) is 2.48. The number of carbonyl (C=O) groups excluding carboxylic acids is 1. The molecule has 1 aromatic carbocycles. The number of rotatable bonds is 6. The summed E-state index contributed by atoms with van der Waals surface area (Å²) < 4.78 is 0. The molecule has 3 nitrogen and oxygen atoms in total. The second kappa shape index (κ2) is 7.65. The molecule has 1 amide bonds. The van der Waals surface area contributed by atoms with Crippen LogP contribution < -0.4 is 5.32 Å². The molecule has 0 radical (unpaired) electrons. The van der Waals surface area contributed by atoms with Crippen molar-refractivity contribution in [3.05, 3.63) is 64.9 Å². The predicted octanol–water partition coefficient (Wildman–Crippen LogP) is 3.37. The van der Waals surface area contributed by atoms with Gasteiger partial charge in [-0.25, -0.2) is 0 Å². The molecule has 2 rings (SSSR count). The molecule has 104 valence electrons. The van der Waals surface area contributed by atoms with Crippen LogP contribution in [0.2, 0.25) is 5.02 Å². The van der Waals surface area contributed by atoms with E-state index < -0.39 is 0 Å². The number of nitrogens with zero attached hydrogens (tertiary/aromatic N) is 1. The lowest BCUT2D eigenvalue weighted by Gasteiger charge is -2.05. The van der Waals surface area contributed by atoms with Crippen LogP contribution in [0.1, 0.15) is 24.1 Å². The second-order valence-electron chi connectivity index (χ2n) is 4.58. The van der Waals surface area contributed by atoms with Crippen LogP contribution in [-0.2, 0) is 17.8 Å². The van der Waals surface area contributed by atoms with Crippen LogP contribution in [0, 0.1) is 0 Å². The van der Waals surface area contributed by atoms with Gasteiger partial charge < -0.3 is 5.32 Å². The van der Waals surface area contributed by atoms with Gasteiger partial charge in [-0.15, -0.1) is 0 Å². The van der Waals surface area contributed by atoms with Crippen LogP contribution in [0.15, 0.2) is 48.7 Å². The Bertz CT molecular complexity index is 540. The van der Waals surface area contributed by atoms with Crippen molar-refractivity contribution < 1.29 is 4.79 Å². The fraction of sp³-hybridized carbons (Fsp3) is 0.250. The first-order valence-corrected chi connectivity index (χ1v) is 7.03. The highest BCUT2D eigenvalue weighted by Crippen LogP contribution is 2.11. The van der Waals surface area contributed by atoms with E-state index in [0.29, 0.717) is 13.0 Å². The van der Waals surface area contributed by atoms with E-state index in [1.807, 2.05) is 42.5 Å². The number of aromatic nitrogens is 1. The third-order valence-electron chi connectivity index (χ3n) is 2.98. The van der Waals surface area contributed by atoms with E-state index >= 15 is 0 Å². The molecule has 0 aliphatic heterocycles. The van der Waals surface area contributed by atoms with E-state index in [-0.39, 0.29) is 5.91 Å². The number of nitrogens with one attached hydrogen (secondary N) is 1. The molecule has 0 bridgehead atoms. The van der Waals surface area contributed by atoms with Crippen molar-refractivity contribution in [2.75, 3.05) is 0 Å². The molecule has 0 atom stereocenters. The van der Waals surface area contributed by atoms with Gasteiger partial charge in [0.15, 0.2) is 0 Å². The maximum absolute atomic E-state index is 11.7. The first-order chi connectivity index (χ1) is 9.74. The Morgan fingerprint density at radius 2 is 1.95 bits per heavy atom. The molecule has 1 N–H and O–H groups in total. The molecule has 0 unspecified atom stereocenters. The van der Waals surface area contributed by atoms with Gasteiger partial charge in [-0.2, -0.15) is 0 Å². The van der Waals surface area contributed by atoms with Crippen molar-refractivity contribution in [2.45, 2.75) is 25.8 Å². The summed E-state index contributed by atoms with van der Waals surface area (Å²) in [4.78, 5) is 15.9. The highest BCUT2D eigenvalue weighted by molar-refractivity contribution is 6.30. The van der Waals surface area contributed by atoms with Crippen LogP contribution in [-0.4, -0.2) is 10.9 Å². The maximum Gasteiger partial charge on any atom is 0.220 e. The molecule has 0 fully saturated rings. The first-order valence-electron chi connectivity index (χ1n) is 6.65. The number of hydrogen-bond donors (Lipinski definition) is 1. The van der Waals surface area contributed by atoms with Crippen LogP contribution in [0.25, 0.3) is 0 Å². The van der Waals surface area contributed by atoms with Gasteiger partial charge in [0, 0.05) is 17.6 Å². The summed E-state index contributed by atoms with van der Waals surface area (Å²) in [7, 11) is 0. The third kappa shape index (κ3) is 5.02. The number of aryl methyl sites for hydroxylation is 1. The van der Waals surface area contributed by atoms with Crippen molar-refractivity contribution in [2.24, 2.45) is 0 Å². The van der Waals surface area contributed by atoms with Crippen molar-refractivity contribution in [1.82, 2.24) is 10.3 Å². The number of carbonyl (C=O) groups is 1. The van der Waals surface area contributed by atoms with Crippen molar-refractivity contribution in [3.8, 4) is 0 Å². The lowest BCUT2D eigenvalue weighted by molar-refractivity contribution is -0.121. The molecular weight excluding hydrogens is 272 g/mol. The SMILES string of the molecule is O=C(CCCc1ccc(Cl)cc1)NCc1ccccn1. The summed E-state index contributed by atoms with van der Waals surface area (Å²) in [5.41, 5.74) is 2.07. The molecule has 0 aliphatic rings. The normalized spacial score (nSPS) is 10.2. The molecular formula is C16H17ClN2O. The van der Waals surface area contributed by atoms with E-state index in [1.54, 1.807) is 6.20 Å². The van der Waals surface area contributed by atoms with Gasteiger partial charge in [-0.3, -0.25) is 9.78 Å². The van der Waals surface area contributed by atoms with Gasteiger partial charge in [0.1, 0.15) is 0 Å². The van der Waals surface area contributed by atoms with Crippen molar-refractivity contribution in [3.63, 3.8) is 0 Å². The third-order valence-corrected chi connectivity index (χ3v) is 3.23. The number of benzene rings is 1. The summed E-state index contributed by atoms with van der Waals surface area (Å²) in [5, 5.41) is 3.61. The van der Waals surface area contributed by atoms with E-state index in [9.17, 15) is 4.79 Å². The number of pyridine rings is 1. The summed E-state index contributed by atoms with van der Waals surface area (Å²) in [6.07, 6.45) is 3.96. The summed E-state index contributed by atoms with van der Waals surface area (Å²) in [6.45, 7) is 0.487. The van der Waals surface area contributed by atoms with Gasteiger partial charge >= 0.3 is 0 Å². The Labute approximate surface area is 124 Å². The van der Waals surface area contributed by atoms with E-state index in [2.05, 4.69) is 10.3 Å². The quantitative estimate of drug-likeness (QED) is 0.885. The molecule has 1 heterocycles. The fourth-order valence-corrected chi connectivity index (χ4v) is 2.01. The molecule has 0 saturated heterocycles. The minimum Gasteiger partial charge on any atom is -0.350 e. The van der Waals surface area contributed by atoms with Gasteiger partial charge in [-0.05, 0) is 42.7 Å². The molecule has 2 aromatic rings. The predicted molar refractivity (Wildman–Crippen MR) is 80.5 cm³/mol. The van der Waals surface area contributed by atoms with Crippen LogP contribution in [0.4, 0.5) is 0 Å². The molecule has 4 heteroatoms. The standard InChI is InChI=1S/C16H17ClN2O/c17-14-9-7-13(8-10-14)4-3-6-16(20)19-12-15-5-1-2-11-18-15/h1-2,5,7-11H,3-4,6,12H2,(H,19,20). The Morgan fingerprint density at radius 3 is 2.65 bits per heavy atom. The minimum atomic E-state index is 0.0598. The summed E-state index contributed by atoms with van der Waals surface area (Å²) in [6, 6.07) is 13.4. The Hall–Kier alpha value is -1.87. The summed E-state index contributed by atoms with van der Waals surface area (Å²) in [5.74, 6) is 0.0598. The zero-order valence-electron chi connectivity index (χ0n) is 11.2. The van der Waals surface area contributed by atoms with Crippen LogP contribution >= 0.6 is 11.6 Å². The Kier molecular flexibility index (Phi) is 5.56. The van der Waals surface area contributed by atoms with Crippen LogP contribution in [0.5, 0.6) is 0 Å². The lowest BCUT2D eigenvalue weighted by atomic mass is 10.1. The number of amides is 1. The number of halogens is 1. The van der Waals surface area contributed by atoms with Gasteiger partial charge in [0.25, 0.3) is 0 Å². The summed E-state index contributed by atoms with van der Waals surface area (Å²) >= 11 is 5.83. The Morgan fingerprint density at radius 1 is 1.15 bits per heavy atom. The van der Waals surface area contributed by atoms with Gasteiger partial charge in [0.2, 0.25) is 5.91 Å². The second-order valence-corrected chi connectivity index (χ2v) is 5.01. The highest BCUT2D eigenvalue weighted by atomic mass is 35.5. The smallest absolute Gasteiger partial charge is 0.220 e. The zero-order valence-corrected chi connectivity index (χ0v) is 11.9. The largest absolute Gasteiger partial charge is 0.350 e. The van der Waals surface area contributed by atoms with E-state index in [1.165, 1.54) is 5.56 Å². The Balaban J connectivity index is 1.66. The van der Waals surface area contributed by atoms with Crippen molar-refractivity contribution >= 4 is 17.5 Å². The highest BCUT2D eigenvalue weighted by Gasteiger charge is 2.02.